The van der Waals surface area contributed by atoms with Crippen LogP contribution in [0.2, 0.25) is 0 Å². The molecule has 30 heavy (non-hydrogen) atoms. The second kappa shape index (κ2) is 9.52. The topological polar surface area (TPSA) is 73.8 Å². The van der Waals surface area contributed by atoms with Crippen LogP contribution in [0.3, 0.4) is 0 Å². The zero-order chi connectivity index (χ0) is 21.9. The Labute approximate surface area is 184 Å². The summed E-state index contributed by atoms with van der Waals surface area (Å²) in [5.41, 5.74) is 4.03. The van der Waals surface area contributed by atoms with E-state index in [2.05, 4.69) is 46.8 Å². The number of likely N-dealkylation sites (N-methyl/N-ethyl adjacent to an activating group) is 1. The van der Waals surface area contributed by atoms with Gasteiger partial charge in [-0.2, -0.15) is 0 Å². The average molecular weight is 431 g/mol. The van der Waals surface area contributed by atoms with Crippen molar-refractivity contribution in [1.82, 2.24) is 15.5 Å². The van der Waals surface area contributed by atoms with Gasteiger partial charge in [-0.3, -0.25) is 14.6 Å². The molecule has 1 saturated heterocycles. The number of hydrogen-bond acceptors (Lipinski definition) is 5. The van der Waals surface area contributed by atoms with Crippen molar-refractivity contribution < 1.29 is 9.59 Å². The summed E-state index contributed by atoms with van der Waals surface area (Å²) in [6, 6.07) is 7.97. The third kappa shape index (κ3) is 5.06. The van der Waals surface area contributed by atoms with Crippen LogP contribution in [0.5, 0.6) is 0 Å². The number of hydrogen-bond donors (Lipinski definition) is 2. The minimum Gasteiger partial charge on any atom is -0.350 e. The highest BCUT2D eigenvalue weighted by Gasteiger charge is 2.40. The number of carbonyl (C=O) groups is 2. The number of benzene rings is 1. The van der Waals surface area contributed by atoms with Gasteiger partial charge in [0.15, 0.2) is 0 Å². The Morgan fingerprint density at radius 3 is 2.53 bits per heavy atom. The van der Waals surface area contributed by atoms with Crippen molar-refractivity contribution in [2.24, 2.45) is 10.4 Å². The number of carbonyl (C=O) groups excluding carboxylic acids is 2. The van der Waals surface area contributed by atoms with Crippen molar-refractivity contribution >= 4 is 29.1 Å². The van der Waals surface area contributed by atoms with E-state index in [9.17, 15) is 9.59 Å². The lowest BCUT2D eigenvalue weighted by Gasteiger charge is -2.34. The molecular weight excluding hydrogens is 396 g/mol. The highest BCUT2D eigenvalue weighted by atomic mass is 32.2. The van der Waals surface area contributed by atoms with E-state index >= 15 is 0 Å². The highest BCUT2D eigenvalue weighted by Crippen LogP contribution is 2.36. The summed E-state index contributed by atoms with van der Waals surface area (Å²) in [5.74, 6) is -0.0561. The first-order valence-corrected chi connectivity index (χ1v) is 11.7. The van der Waals surface area contributed by atoms with E-state index in [0.29, 0.717) is 30.8 Å². The van der Waals surface area contributed by atoms with Crippen molar-refractivity contribution in [3.8, 4) is 0 Å². The second-order valence-electron chi connectivity index (χ2n) is 9.29. The smallest absolute Gasteiger partial charge is 0.243 e. The van der Waals surface area contributed by atoms with Crippen LogP contribution in [0.15, 0.2) is 29.3 Å². The minimum absolute atomic E-state index is 0.0115. The van der Waals surface area contributed by atoms with Gasteiger partial charge in [-0.15, -0.1) is 11.8 Å². The van der Waals surface area contributed by atoms with Crippen LogP contribution in [0.4, 0.5) is 0 Å². The summed E-state index contributed by atoms with van der Waals surface area (Å²) < 4.78 is 0. The fraction of sp³-hybridized carbons (Fsp3) is 0.609. The largest absolute Gasteiger partial charge is 0.350 e. The van der Waals surface area contributed by atoms with Gasteiger partial charge in [0.25, 0.3) is 0 Å². The number of likely N-dealkylation sites (tertiary alicyclic amines) is 1. The van der Waals surface area contributed by atoms with Crippen molar-refractivity contribution in [2.75, 3.05) is 13.6 Å². The van der Waals surface area contributed by atoms with E-state index in [4.69, 9.17) is 0 Å². The van der Waals surface area contributed by atoms with E-state index in [1.54, 1.807) is 23.7 Å². The van der Waals surface area contributed by atoms with Crippen molar-refractivity contribution in [2.45, 2.75) is 70.5 Å². The van der Waals surface area contributed by atoms with Gasteiger partial charge in [0.05, 0.1) is 22.9 Å². The molecule has 0 spiro atoms. The molecule has 1 aromatic carbocycles. The van der Waals surface area contributed by atoms with Gasteiger partial charge in [-0.1, -0.05) is 45.0 Å². The lowest BCUT2D eigenvalue weighted by atomic mass is 9.86. The molecule has 2 N–H and O–H groups in total. The van der Waals surface area contributed by atoms with Crippen LogP contribution < -0.4 is 10.6 Å². The standard InChI is InChI=1S/C23H34N4O2S/c1-15-19(30-14-26-15)17-10-8-16(9-11-17)13-25-21(28)18-7-6-12-27(18)22(29)20(24-5)23(2,3)4/h8-11,14-15,18-20,24H,6-7,12-13H2,1-5H3,(H,25,28). The summed E-state index contributed by atoms with van der Waals surface area (Å²) in [6.45, 7) is 9.35. The number of nitrogens with one attached hydrogen (secondary N) is 2. The van der Waals surface area contributed by atoms with E-state index in [0.717, 1.165) is 12.0 Å². The molecule has 4 unspecified atom stereocenters. The molecule has 7 heteroatoms. The van der Waals surface area contributed by atoms with Gasteiger partial charge >= 0.3 is 0 Å². The van der Waals surface area contributed by atoms with Crippen LogP contribution in [0.25, 0.3) is 0 Å². The predicted octanol–water partition coefficient (Wildman–Crippen LogP) is 3.13. The molecule has 0 aliphatic carbocycles. The molecule has 1 aromatic rings. The van der Waals surface area contributed by atoms with Gasteiger partial charge < -0.3 is 15.5 Å². The number of rotatable bonds is 6. The van der Waals surface area contributed by atoms with Gasteiger partial charge in [-0.05, 0) is 43.4 Å². The number of nitrogens with zero attached hydrogens (tertiary/aromatic N) is 2. The Bertz CT molecular complexity index is 787. The van der Waals surface area contributed by atoms with Crippen LogP contribution >= 0.6 is 11.8 Å². The lowest BCUT2D eigenvalue weighted by molar-refractivity contribution is -0.142. The molecule has 4 atom stereocenters. The molecule has 1 fully saturated rings. The molecule has 0 radical (unpaired) electrons. The van der Waals surface area contributed by atoms with E-state index in [1.165, 1.54) is 5.56 Å². The number of thioether (sulfide) groups is 1. The molecule has 164 valence electrons. The molecule has 2 heterocycles. The summed E-state index contributed by atoms with van der Waals surface area (Å²) in [7, 11) is 1.81. The third-order valence-electron chi connectivity index (χ3n) is 5.96. The maximum absolute atomic E-state index is 13.1. The summed E-state index contributed by atoms with van der Waals surface area (Å²) in [5, 5.41) is 6.54. The summed E-state index contributed by atoms with van der Waals surface area (Å²) in [4.78, 5) is 32.1. The fourth-order valence-electron chi connectivity index (χ4n) is 4.27. The summed E-state index contributed by atoms with van der Waals surface area (Å²) in [6.07, 6.45) is 1.58. The second-order valence-corrected chi connectivity index (χ2v) is 10.3. The Balaban J connectivity index is 1.58. The zero-order valence-electron chi connectivity index (χ0n) is 18.6. The molecule has 2 aliphatic rings. The van der Waals surface area contributed by atoms with Gasteiger partial charge in [0.1, 0.15) is 6.04 Å². The Morgan fingerprint density at radius 1 is 1.27 bits per heavy atom. The van der Waals surface area contributed by atoms with E-state index < -0.39 is 0 Å². The molecule has 2 aliphatic heterocycles. The van der Waals surface area contributed by atoms with Gasteiger partial charge in [-0.25, -0.2) is 0 Å². The molecule has 3 rings (SSSR count). The molecule has 0 bridgehead atoms. The SMILES string of the molecule is CNC(C(=O)N1CCCC1C(=O)NCc1ccc(C2SC=NC2C)cc1)C(C)(C)C. The maximum atomic E-state index is 13.1. The molecular formula is C23H34N4O2S. The van der Waals surface area contributed by atoms with Crippen LogP contribution in [-0.2, 0) is 16.1 Å². The maximum Gasteiger partial charge on any atom is 0.243 e. The first-order valence-electron chi connectivity index (χ1n) is 10.7. The first kappa shape index (κ1) is 22.8. The van der Waals surface area contributed by atoms with Crippen molar-refractivity contribution in [3.63, 3.8) is 0 Å². The Hall–Kier alpha value is -1.86. The molecule has 6 nitrogen and oxygen atoms in total. The summed E-state index contributed by atoms with van der Waals surface area (Å²) >= 11 is 1.75. The fourth-order valence-corrected chi connectivity index (χ4v) is 5.28. The molecule has 2 amide bonds. The Kier molecular flexibility index (Phi) is 7.24. The Morgan fingerprint density at radius 2 is 1.97 bits per heavy atom. The first-order chi connectivity index (χ1) is 14.2. The lowest BCUT2D eigenvalue weighted by Crippen LogP contribution is -2.55. The van der Waals surface area contributed by atoms with Crippen molar-refractivity contribution in [3.05, 3.63) is 35.4 Å². The normalized spacial score (nSPS) is 24.8. The van der Waals surface area contributed by atoms with Gasteiger partial charge in [0, 0.05) is 13.1 Å². The predicted molar refractivity (Wildman–Crippen MR) is 124 cm³/mol. The highest BCUT2D eigenvalue weighted by molar-refractivity contribution is 8.12. The van der Waals surface area contributed by atoms with Crippen molar-refractivity contribution in [1.29, 1.82) is 0 Å². The quantitative estimate of drug-likeness (QED) is 0.727. The zero-order valence-corrected chi connectivity index (χ0v) is 19.5. The van der Waals surface area contributed by atoms with E-state index in [1.807, 2.05) is 26.3 Å². The van der Waals surface area contributed by atoms with Crippen LogP contribution in [0.1, 0.15) is 56.9 Å². The molecule has 0 saturated carbocycles. The third-order valence-corrected chi connectivity index (χ3v) is 7.16. The monoisotopic (exact) mass is 430 g/mol. The number of amides is 2. The average Bonchev–Trinajstić information content (AvgIpc) is 3.35. The van der Waals surface area contributed by atoms with Crippen LogP contribution in [-0.4, -0.2) is 54.0 Å². The van der Waals surface area contributed by atoms with Gasteiger partial charge in [0.2, 0.25) is 11.8 Å². The van der Waals surface area contributed by atoms with Crippen LogP contribution in [0, 0.1) is 5.41 Å². The minimum atomic E-state index is -0.386. The number of aliphatic imine (C=N–C) groups is 1. The molecule has 0 aromatic heterocycles. The van der Waals surface area contributed by atoms with E-state index in [-0.39, 0.29) is 29.3 Å².